The zero-order chi connectivity index (χ0) is 16.5. The van der Waals surface area contributed by atoms with Gasteiger partial charge in [0.05, 0.1) is 11.0 Å². The lowest BCUT2D eigenvalue weighted by Crippen LogP contribution is -2.13. The molecule has 0 spiro atoms. The molecular formula is C22H12N2O. The molecule has 6 rings (SSSR count). The monoisotopic (exact) mass is 320 g/mol. The van der Waals surface area contributed by atoms with Crippen molar-refractivity contribution in [1.82, 2.24) is 9.38 Å². The lowest BCUT2D eigenvalue weighted by atomic mass is 9.96. The molecule has 0 aliphatic heterocycles. The van der Waals surface area contributed by atoms with Crippen LogP contribution in [0.3, 0.4) is 0 Å². The number of hydrogen-bond acceptors (Lipinski definition) is 2. The molecule has 4 aromatic carbocycles. The Kier molecular flexibility index (Phi) is 2.24. The Morgan fingerprint density at radius 2 is 1.48 bits per heavy atom. The van der Waals surface area contributed by atoms with Crippen molar-refractivity contribution in [2.75, 3.05) is 0 Å². The molecule has 0 N–H and O–H groups in total. The number of fused-ring (bicyclic) bond motifs is 6. The molecule has 3 nitrogen and oxygen atoms in total. The van der Waals surface area contributed by atoms with E-state index in [1.807, 2.05) is 48.5 Å². The van der Waals surface area contributed by atoms with Crippen LogP contribution in [0.1, 0.15) is 0 Å². The highest BCUT2D eigenvalue weighted by atomic mass is 16.1. The van der Waals surface area contributed by atoms with Gasteiger partial charge in [-0.2, -0.15) is 0 Å². The quantitative estimate of drug-likeness (QED) is 0.299. The van der Waals surface area contributed by atoms with Gasteiger partial charge in [0.15, 0.2) is 0 Å². The largest absolute Gasteiger partial charge is 0.268 e. The summed E-state index contributed by atoms with van der Waals surface area (Å²) < 4.78 is 1.76. The van der Waals surface area contributed by atoms with E-state index >= 15 is 0 Å². The molecule has 0 aliphatic rings. The lowest BCUT2D eigenvalue weighted by molar-refractivity contribution is 1.19. The first-order valence-electron chi connectivity index (χ1n) is 8.30. The van der Waals surface area contributed by atoms with Gasteiger partial charge in [0.1, 0.15) is 5.65 Å². The molecule has 0 atom stereocenters. The van der Waals surface area contributed by atoms with E-state index in [1.165, 1.54) is 0 Å². The van der Waals surface area contributed by atoms with Gasteiger partial charge in [-0.1, -0.05) is 48.5 Å². The Balaban J connectivity index is 2.12. The number of nitrogens with zero attached hydrogens (tertiary/aromatic N) is 2. The van der Waals surface area contributed by atoms with Crippen molar-refractivity contribution < 1.29 is 0 Å². The average molecular weight is 320 g/mol. The Hall–Kier alpha value is -3.46. The van der Waals surface area contributed by atoms with E-state index in [9.17, 15) is 4.79 Å². The molecule has 0 radical (unpaired) electrons. The fourth-order valence-electron chi connectivity index (χ4n) is 4.05. The summed E-state index contributed by atoms with van der Waals surface area (Å²) in [5, 5.41) is 6.18. The number of pyridine rings is 1. The van der Waals surface area contributed by atoms with Crippen molar-refractivity contribution in [2.24, 2.45) is 0 Å². The van der Waals surface area contributed by atoms with E-state index < -0.39 is 0 Å². The fraction of sp³-hybridized carbons (Fsp3) is 0. The Morgan fingerprint density at radius 1 is 0.720 bits per heavy atom. The van der Waals surface area contributed by atoms with Crippen molar-refractivity contribution in [3.8, 4) is 0 Å². The number of imidazole rings is 1. The molecule has 2 aromatic heterocycles. The summed E-state index contributed by atoms with van der Waals surface area (Å²) in [4.78, 5) is 18.0. The third-order valence-corrected chi connectivity index (χ3v) is 5.11. The maximum absolute atomic E-state index is 13.2. The predicted octanol–water partition coefficient (Wildman–Crippen LogP) is 4.75. The third-order valence-electron chi connectivity index (χ3n) is 5.11. The molecule has 0 saturated heterocycles. The SMILES string of the molecule is O=c1c2cccc3cc4ccccc4c(c32)c2nc3ccccc3n12. The van der Waals surface area contributed by atoms with Gasteiger partial charge in [-0.15, -0.1) is 0 Å². The van der Waals surface area contributed by atoms with Crippen LogP contribution in [0.15, 0.2) is 77.6 Å². The maximum atomic E-state index is 13.2. The van der Waals surface area contributed by atoms with E-state index in [-0.39, 0.29) is 5.56 Å². The molecule has 116 valence electrons. The minimum Gasteiger partial charge on any atom is -0.268 e. The molecule has 6 aromatic rings. The van der Waals surface area contributed by atoms with Gasteiger partial charge in [0.25, 0.3) is 5.56 Å². The molecule has 2 heterocycles. The van der Waals surface area contributed by atoms with Crippen LogP contribution in [0, 0.1) is 0 Å². The second-order valence-electron chi connectivity index (χ2n) is 6.44. The third kappa shape index (κ3) is 1.50. The first-order chi connectivity index (χ1) is 12.3. The highest BCUT2D eigenvalue weighted by molar-refractivity contribution is 6.26. The van der Waals surface area contributed by atoms with Crippen LogP contribution in [-0.4, -0.2) is 9.38 Å². The van der Waals surface area contributed by atoms with Gasteiger partial charge in [0, 0.05) is 16.2 Å². The Labute approximate surface area is 142 Å². The molecule has 0 unspecified atom stereocenters. The van der Waals surface area contributed by atoms with Crippen LogP contribution in [-0.2, 0) is 0 Å². The van der Waals surface area contributed by atoms with Crippen molar-refractivity contribution in [1.29, 1.82) is 0 Å². The summed E-state index contributed by atoms with van der Waals surface area (Å²) in [6.07, 6.45) is 0. The molecule has 0 aliphatic carbocycles. The van der Waals surface area contributed by atoms with Gasteiger partial charge in [0.2, 0.25) is 0 Å². The lowest BCUT2D eigenvalue weighted by Gasteiger charge is -2.10. The summed E-state index contributed by atoms with van der Waals surface area (Å²) >= 11 is 0. The minimum atomic E-state index is -0.00270. The highest BCUT2D eigenvalue weighted by Crippen LogP contribution is 2.35. The van der Waals surface area contributed by atoms with Crippen LogP contribution >= 0.6 is 0 Å². The second kappa shape index (κ2) is 4.33. The molecule has 0 bridgehead atoms. The summed E-state index contributed by atoms with van der Waals surface area (Å²) in [6, 6.07) is 24.2. The van der Waals surface area contributed by atoms with Gasteiger partial charge in [-0.3, -0.25) is 9.20 Å². The zero-order valence-corrected chi connectivity index (χ0v) is 13.2. The van der Waals surface area contributed by atoms with Gasteiger partial charge >= 0.3 is 0 Å². The maximum Gasteiger partial charge on any atom is 0.264 e. The van der Waals surface area contributed by atoms with Crippen molar-refractivity contribution in [2.45, 2.75) is 0 Å². The number of benzene rings is 4. The minimum absolute atomic E-state index is 0.00270. The number of para-hydroxylation sites is 2. The number of hydrogen-bond donors (Lipinski definition) is 0. The van der Waals surface area contributed by atoms with Gasteiger partial charge < -0.3 is 0 Å². The predicted molar refractivity (Wildman–Crippen MR) is 103 cm³/mol. The standard InChI is InChI=1S/C22H12N2O/c25-22-16-9-5-7-14-12-13-6-1-2-8-15(13)20(19(14)16)21-23-17-10-3-4-11-18(17)24(21)22/h1-12H. The first-order valence-corrected chi connectivity index (χ1v) is 8.30. The topological polar surface area (TPSA) is 34.4 Å². The van der Waals surface area contributed by atoms with E-state index in [0.29, 0.717) is 0 Å². The smallest absolute Gasteiger partial charge is 0.264 e. The van der Waals surface area contributed by atoms with E-state index in [0.717, 1.165) is 49.0 Å². The Bertz CT molecular complexity index is 1510. The summed E-state index contributed by atoms with van der Waals surface area (Å²) in [5.74, 6) is 0. The van der Waals surface area contributed by atoms with Crippen molar-refractivity contribution >= 4 is 49.0 Å². The zero-order valence-electron chi connectivity index (χ0n) is 13.2. The summed E-state index contributed by atoms with van der Waals surface area (Å²) in [7, 11) is 0. The molecule has 0 amide bonds. The van der Waals surface area contributed by atoms with E-state index in [1.54, 1.807) is 4.40 Å². The average Bonchev–Trinajstić information content (AvgIpc) is 3.04. The van der Waals surface area contributed by atoms with Crippen LogP contribution in [0.2, 0.25) is 0 Å². The van der Waals surface area contributed by atoms with Gasteiger partial charge in [-0.25, -0.2) is 4.98 Å². The van der Waals surface area contributed by atoms with Crippen LogP contribution in [0.5, 0.6) is 0 Å². The molecular weight excluding hydrogens is 308 g/mol. The van der Waals surface area contributed by atoms with Crippen LogP contribution in [0.4, 0.5) is 0 Å². The van der Waals surface area contributed by atoms with E-state index in [4.69, 9.17) is 4.98 Å². The summed E-state index contributed by atoms with van der Waals surface area (Å²) in [5.41, 5.74) is 2.45. The molecule has 25 heavy (non-hydrogen) atoms. The van der Waals surface area contributed by atoms with Crippen LogP contribution in [0.25, 0.3) is 49.0 Å². The molecule has 0 saturated carbocycles. The highest BCUT2D eigenvalue weighted by Gasteiger charge is 2.17. The van der Waals surface area contributed by atoms with Gasteiger partial charge in [-0.05, 0) is 40.4 Å². The fourth-order valence-corrected chi connectivity index (χ4v) is 4.05. The first kappa shape index (κ1) is 12.9. The normalized spacial score (nSPS) is 12.2. The molecule has 3 heteroatoms. The number of aromatic nitrogens is 2. The Morgan fingerprint density at radius 3 is 2.44 bits per heavy atom. The van der Waals surface area contributed by atoms with Crippen molar-refractivity contribution in [3.63, 3.8) is 0 Å². The van der Waals surface area contributed by atoms with Crippen molar-refractivity contribution in [3.05, 3.63) is 83.2 Å². The number of rotatable bonds is 0. The molecule has 0 fully saturated rings. The van der Waals surface area contributed by atoms with Crippen LogP contribution < -0.4 is 5.56 Å². The van der Waals surface area contributed by atoms with E-state index in [2.05, 4.69) is 24.3 Å². The second-order valence-corrected chi connectivity index (χ2v) is 6.44. The summed E-state index contributed by atoms with van der Waals surface area (Å²) in [6.45, 7) is 0.